The summed E-state index contributed by atoms with van der Waals surface area (Å²) in [4.78, 5) is 0. The first-order valence-corrected chi connectivity index (χ1v) is 5.50. The van der Waals surface area contributed by atoms with E-state index in [9.17, 15) is 10.2 Å². The Morgan fingerprint density at radius 2 is 1.69 bits per heavy atom. The Labute approximate surface area is 93.4 Å². The molecule has 2 aliphatic heterocycles. The lowest BCUT2D eigenvalue weighted by Gasteiger charge is -2.10. The molecule has 2 aliphatic rings. The van der Waals surface area contributed by atoms with E-state index >= 15 is 0 Å². The van der Waals surface area contributed by atoms with Gasteiger partial charge in [0.25, 0.3) is 0 Å². The number of epoxide rings is 2. The van der Waals surface area contributed by atoms with Gasteiger partial charge in [-0.05, 0) is 11.6 Å². The number of phenolic OH excluding ortho intramolecular Hbond substituents is 2. The SMILES string of the molecule is Oc1ccc(CC2CO2)c(CC2CO2)c1O. The molecule has 1 aromatic carbocycles. The minimum absolute atomic E-state index is 0.00588. The molecule has 2 heterocycles. The van der Waals surface area contributed by atoms with Gasteiger partial charge in [0.05, 0.1) is 25.4 Å². The fraction of sp³-hybridized carbons (Fsp3) is 0.500. The van der Waals surface area contributed by atoms with Crippen molar-refractivity contribution >= 4 is 0 Å². The van der Waals surface area contributed by atoms with E-state index < -0.39 is 0 Å². The molecular formula is C12H14O4. The second-order valence-electron chi connectivity index (χ2n) is 4.39. The number of benzene rings is 1. The average Bonchev–Trinajstić information content (AvgIpc) is 3.11. The number of rotatable bonds is 4. The van der Waals surface area contributed by atoms with Gasteiger partial charge in [-0.15, -0.1) is 0 Å². The van der Waals surface area contributed by atoms with E-state index in [2.05, 4.69) is 0 Å². The second-order valence-corrected chi connectivity index (χ2v) is 4.39. The number of phenols is 2. The van der Waals surface area contributed by atoms with E-state index in [1.807, 2.05) is 6.07 Å². The van der Waals surface area contributed by atoms with E-state index in [-0.39, 0.29) is 23.7 Å². The zero-order valence-corrected chi connectivity index (χ0v) is 8.85. The predicted molar refractivity (Wildman–Crippen MR) is 56.7 cm³/mol. The molecule has 86 valence electrons. The summed E-state index contributed by atoms with van der Waals surface area (Å²) >= 11 is 0. The Kier molecular flexibility index (Phi) is 2.26. The third-order valence-electron chi connectivity index (χ3n) is 3.04. The van der Waals surface area contributed by atoms with E-state index in [1.54, 1.807) is 0 Å². The van der Waals surface area contributed by atoms with Crippen LogP contribution in [0.15, 0.2) is 12.1 Å². The van der Waals surface area contributed by atoms with Crippen LogP contribution in [-0.4, -0.2) is 35.6 Å². The molecular weight excluding hydrogens is 208 g/mol. The van der Waals surface area contributed by atoms with Gasteiger partial charge in [0.1, 0.15) is 0 Å². The van der Waals surface area contributed by atoms with Crippen LogP contribution in [0.2, 0.25) is 0 Å². The summed E-state index contributed by atoms with van der Waals surface area (Å²) in [6.45, 7) is 1.54. The van der Waals surface area contributed by atoms with Gasteiger partial charge in [0, 0.05) is 18.4 Å². The van der Waals surface area contributed by atoms with Gasteiger partial charge in [-0.3, -0.25) is 0 Å². The average molecular weight is 222 g/mol. The fourth-order valence-corrected chi connectivity index (χ4v) is 1.93. The van der Waals surface area contributed by atoms with Crippen molar-refractivity contribution in [2.24, 2.45) is 0 Å². The smallest absolute Gasteiger partial charge is 0.161 e. The van der Waals surface area contributed by atoms with Crippen LogP contribution in [0.25, 0.3) is 0 Å². The first kappa shape index (κ1) is 9.93. The van der Waals surface area contributed by atoms with E-state index in [1.165, 1.54) is 6.07 Å². The van der Waals surface area contributed by atoms with Gasteiger partial charge < -0.3 is 19.7 Å². The lowest BCUT2D eigenvalue weighted by atomic mass is 9.98. The van der Waals surface area contributed by atoms with Gasteiger partial charge >= 0.3 is 0 Å². The summed E-state index contributed by atoms with van der Waals surface area (Å²) < 4.78 is 10.3. The maximum atomic E-state index is 9.84. The number of ether oxygens (including phenoxy) is 2. The van der Waals surface area contributed by atoms with Gasteiger partial charge in [-0.25, -0.2) is 0 Å². The first-order chi connectivity index (χ1) is 7.74. The van der Waals surface area contributed by atoms with E-state index in [0.29, 0.717) is 6.42 Å². The molecule has 2 saturated heterocycles. The normalized spacial score (nSPS) is 26.8. The molecule has 0 saturated carbocycles. The van der Waals surface area contributed by atoms with Crippen LogP contribution in [-0.2, 0) is 22.3 Å². The molecule has 4 heteroatoms. The minimum Gasteiger partial charge on any atom is -0.504 e. The van der Waals surface area contributed by atoms with Crippen LogP contribution < -0.4 is 0 Å². The van der Waals surface area contributed by atoms with Crippen LogP contribution in [0.3, 0.4) is 0 Å². The summed E-state index contributed by atoms with van der Waals surface area (Å²) in [6.07, 6.45) is 1.95. The second kappa shape index (κ2) is 3.64. The Bertz CT molecular complexity index is 408. The Balaban J connectivity index is 1.89. The van der Waals surface area contributed by atoms with Crippen LogP contribution in [0.1, 0.15) is 11.1 Å². The lowest BCUT2D eigenvalue weighted by molar-refractivity contribution is 0.382. The third-order valence-corrected chi connectivity index (χ3v) is 3.04. The summed E-state index contributed by atoms with van der Waals surface area (Å²) in [5.41, 5.74) is 1.85. The van der Waals surface area contributed by atoms with E-state index in [4.69, 9.17) is 9.47 Å². The molecule has 0 radical (unpaired) electrons. The molecule has 2 atom stereocenters. The third kappa shape index (κ3) is 1.99. The molecule has 2 unspecified atom stereocenters. The van der Waals surface area contributed by atoms with Crippen molar-refractivity contribution in [3.63, 3.8) is 0 Å². The molecule has 3 rings (SSSR count). The molecule has 1 aromatic rings. The summed E-state index contributed by atoms with van der Waals surface area (Å²) in [5.74, 6) is -0.0650. The van der Waals surface area contributed by atoms with Gasteiger partial charge in [0.2, 0.25) is 0 Å². The summed E-state index contributed by atoms with van der Waals surface area (Å²) in [6, 6.07) is 3.39. The minimum atomic E-state index is -0.0592. The highest BCUT2D eigenvalue weighted by Gasteiger charge is 2.29. The van der Waals surface area contributed by atoms with Crippen LogP contribution in [0.4, 0.5) is 0 Å². The molecule has 0 bridgehead atoms. The Morgan fingerprint density at radius 1 is 1.06 bits per heavy atom. The largest absolute Gasteiger partial charge is 0.504 e. The predicted octanol–water partition coefficient (Wildman–Crippen LogP) is 0.980. The summed E-state index contributed by atoms with van der Waals surface area (Å²) in [7, 11) is 0. The first-order valence-electron chi connectivity index (χ1n) is 5.50. The maximum Gasteiger partial charge on any atom is 0.161 e. The monoisotopic (exact) mass is 222 g/mol. The van der Waals surface area contributed by atoms with Gasteiger partial charge in [0.15, 0.2) is 11.5 Å². The zero-order chi connectivity index (χ0) is 11.1. The van der Waals surface area contributed by atoms with Crippen molar-refractivity contribution in [1.29, 1.82) is 0 Å². The quantitative estimate of drug-likeness (QED) is 0.588. The highest BCUT2D eigenvalue weighted by atomic mass is 16.6. The summed E-state index contributed by atoms with van der Waals surface area (Å²) in [5, 5.41) is 19.3. The molecule has 0 aromatic heterocycles. The lowest BCUT2D eigenvalue weighted by Crippen LogP contribution is -2.03. The molecule has 4 nitrogen and oxygen atoms in total. The molecule has 16 heavy (non-hydrogen) atoms. The van der Waals surface area contributed by atoms with Crippen molar-refractivity contribution in [3.8, 4) is 11.5 Å². The van der Waals surface area contributed by atoms with Gasteiger partial charge in [-0.2, -0.15) is 0 Å². The highest BCUT2D eigenvalue weighted by molar-refractivity contribution is 5.49. The molecule has 0 spiro atoms. The van der Waals surface area contributed by atoms with E-state index in [0.717, 1.165) is 30.8 Å². The van der Waals surface area contributed by atoms with Crippen LogP contribution >= 0.6 is 0 Å². The van der Waals surface area contributed by atoms with Crippen molar-refractivity contribution in [3.05, 3.63) is 23.3 Å². The highest BCUT2D eigenvalue weighted by Crippen LogP contribution is 2.35. The molecule has 0 amide bonds. The molecule has 0 aliphatic carbocycles. The maximum absolute atomic E-state index is 9.84. The number of hydrogen-bond acceptors (Lipinski definition) is 4. The van der Waals surface area contributed by atoms with Crippen molar-refractivity contribution in [1.82, 2.24) is 0 Å². The molecule has 2 fully saturated rings. The van der Waals surface area contributed by atoms with Crippen molar-refractivity contribution < 1.29 is 19.7 Å². The number of hydrogen-bond donors (Lipinski definition) is 2. The number of aromatic hydroxyl groups is 2. The fourth-order valence-electron chi connectivity index (χ4n) is 1.93. The Hall–Kier alpha value is -1.26. The zero-order valence-electron chi connectivity index (χ0n) is 8.85. The standard InChI is InChI=1S/C12H14O4/c13-11-2-1-7(3-8-5-15-8)10(12(11)14)4-9-6-16-9/h1-2,8-9,13-14H,3-6H2. The van der Waals surface area contributed by atoms with Gasteiger partial charge in [-0.1, -0.05) is 6.07 Å². The van der Waals surface area contributed by atoms with Crippen molar-refractivity contribution in [2.45, 2.75) is 25.0 Å². The topological polar surface area (TPSA) is 65.5 Å². The molecule has 2 N–H and O–H groups in total. The van der Waals surface area contributed by atoms with Crippen LogP contribution in [0, 0.1) is 0 Å². The van der Waals surface area contributed by atoms with Crippen molar-refractivity contribution in [2.75, 3.05) is 13.2 Å². The van der Waals surface area contributed by atoms with Crippen LogP contribution in [0.5, 0.6) is 11.5 Å². The Morgan fingerprint density at radius 3 is 2.31 bits per heavy atom.